The second-order valence-electron chi connectivity index (χ2n) is 6.46. The average Bonchev–Trinajstić information content (AvgIpc) is 2.61. The maximum Gasteiger partial charge on any atom is 0.312 e. The highest BCUT2D eigenvalue weighted by atomic mass is 16.6. The minimum absolute atomic E-state index is 0.110. The van der Waals surface area contributed by atoms with E-state index in [1.165, 1.54) is 14.2 Å². The molecule has 6 heteroatoms. The lowest BCUT2D eigenvalue weighted by molar-refractivity contribution is -0.168. The minimum atomic E-state index is -0.373. The van der Waals surface area contributed by atoms with Crippen LogP contribution in [0.25, 0.3) is 0 Å². The predicted octanol–water partition coefficient (Wildman–Crippen LogP) is 2.24. The smallest absolute Gasteiger partial charge is 0.312 e. The van der Waals surface area contributed by atoms with Crippen molar-refractivity contribution in [2.75, 3.05) is 14.2 Å². The van der Waals surface area contributed by atoms with Crippen molar-refractivity contribution in [1.29, 1.82) is 0 Å². The number of methoxy groups -OCH3 is 2. The summed E-state index contributed by atoms with van der Waals surface area (Å²) in [5, 5.41) is 0. The van der Waals surface area contributed by atoms with E-state index in [0.29, 0.717) is 38.5 Å². The predicted molar refractivity (Wildman–Crippen MR) is 81.3 cm³/mol. The molecule has 0 saturated heterocycles. The number of carbonyl (C=O) groups is 3. The molecule has 0 bridgehead atoms. The summed E-state index contributed by atoms with van der Waals surface area (Å²) in [4.78, 5) is 35.7. The van der Waals surface area contributed by atoms with Crippen molar-refractivity contribution in [3.05, 3.63) is 0 Å². The Hall–Kier alpha value is -1.59. The highest BCUT2D eigenvalue weighted by molar-refractivity contribution is 5.76. The van der Waals surface area contributed by atoms with Crippen LogP contribution in [0.15, 0.2) is 0 Å². The van der Waals surface area contributed by atoms with Crippen LogP contribution in [0, 0.1) is 17.8 Å². The van der Waals surface area contributed by atoms with Crippen LogP contribution in [-0.4, -0.2) is 38.2 Å². The standard InChI is InChI=1S/C17H26O6/c1-21-15(18)11-7-9-12(10-8-11)16(19)23-14-6-4-3-5-13(14)17(20)22-2/h11-14H,3-10H2,1-2H3. The lowest BCUT2D eigenvalue weighted by Crippen LogP contribution is -2.38. The van der Waals surface area contributed by atoms with Crippen molar-refractivity contribution in [2.45, 2.75) is 57.5 Å². The van der Waals surface area contributed by atoms with Gasteiger partial charge < -0.3 is 14.2 Å². The Morgan fingerprint density at radius 2 is 1.22 bits per heavy atom. The number of hydrogen-bond acceptors (Lipinski definition) is 6. The Kier molecular flexibility index (Phi) is 6.42. The Labute approximate surface area is 136 Å². The van der Waals surface area contributed by atoms with Crippen molar-refractivity contribution in [1.82, 2.24) is 0 Å². The summed E-state index contributed by atoms with van der Waals surface area (Å²) < 4.78 is 15.2. The lowest BCUT2D eigenvalue weighted by atomic mass is 9.81. The van der Waals surface area contributed by atoms with E-state index in [1.807, 2.05) is 0 Å². The molecule has 0 N–H and O–H groups in total. The molecule has 0 spiro atoms. The number of ether oxygens (including phenoxy) is 3. The fraction of sp³-hybridized carbons (Fsp3) is 0.824. The van der Waals surface area contributed by atoms with Gasteiger partial charge in [0, 0.05) is 0 Å². The highest BCUT2D eigenvalue weighted by Crippen LogP contribution is 2.33. The van der Waals surface area contributed by atoms with Gasteiger partial charge in [-0.2, -0.15) is 0 Å². The monoisotopic (exact) mass is 326 g/mol. The molecule has 0 aliphatic heterocycles. The van der Waals surface area contributed by atoms with Crippen molar-refractivity contribution >= 4 is 17.9 Å². The third kappa shape index (κ3) is 4.45. The first-order chi connectivity index (χ1) is 11.1. The van der Waals surface area contributed by atoms with E-state index in [-0.39, 0.29) is 41.8 Å². The first-order valence-corrected chi connectivity index (χ1v) is 8.43. The van der Waals surface area contributed by atoms with Gasteiger partial charge in [0.25, 0.3) is 0 Å². The van der Waals surface area contributed by atoms with Crippen LogP contribution in [0.2, 0.25) is 0 Å². The van der Waals surface area contributed by atoms with Crippen LogP contribution in [-0.2, 0) is 28.6 Å². The Morgan fingerprint density at radius 1 is 0.696 bits per heavy atom. The summed E-state index contributed by atoms with van der Waals surface area (Å²) in [7, 11) is 2.75. The summed E-state index contributed by atoms with van der Waals surface area (Å²) in [5.74, 6) is -1.37. The van der Waals surface area contributed by atoms with Gasteiger partial charge >= 0.3 is 17.9 Å². The zero-order valence-corrected chi connectivity index (χ0v) is 13.9. The highest BCUT2D eigenvalue weighted by Gasteiger charge is 2.37. The van der Waals surface area contributed by atoms with Gasteiger partial charge in [-0.3, -0.25) is 14.4 Å². The van der Waals surface area contributed by atoms with Gasteiger partial charge in [-0.25, -0.2) is 0 Å². The molecule has 2 rings (SSSR count). The van der Waals surface area contributed by atoms with E-state index in [2.05, 4.69) is 0 Å². The van der Waals surface area contributed by atoms with Crippen LogP contribution < -0.4 is 0 Å². The van der Waals surface area contributed by atoms with Gasteiger partial charge in [0.15, 0.2) is 0 Å². The summed E-state index contributed by atoms with van der Waals surface area (Å²) >= 11 is 0. The first-order valence-electron chi connectivity index (χ1n) is 8.43. The molecule has 23 heavy (non-hydrogen) atoms. The number of carbonyl (C=O) groups excluding carboxylic acids is 3. The van der Waals surface area contributed by atoms with Crippen molar-refractivity contribution in [3.8, 4) is 0 Å². The maximum absolute atomic E-state index is 12.4. The topological polar surface area (TPSA) is 78.9 Å². The molecule has 2 aliphatic carbocycles. The molecule has 0 radical (unpaired) electrons. The van der Waals surface area contributed by atoms with E-state index in [9.17, 15) is 14.4 Å². The number of rotatable bonds is 4. The molecule has 2 aliphatic rings. The average molecular weight is 326 g/mol. The minimum Gasteiger partial charge on any atom is -0.469 e. The number of esters is 3. The summed E-state index contributed by atoms with van der Waals surface area (Å²) in [6, 6.07) is 0. The zero-order valence-electron chi connectivity index (χ0n) is 13.9. The van der Waals surface area contributed by atoms with Gasteiger partial charge in [-0.1, -0.05) is 6.42 Å². The normalized spacial score (nSPS) is 31.0. The third-order valence-corrected chi connectivity index (χ3v) is 5.07. The van der Waals surface area contributed by atoms with Crippen LogP contribution in [0.3, 0.4) is 0 Å². The van der Waals surface area contributed by atoms with Crippen molar-refractivity contribution < 1.29 is 28.6 Å². The van der Waals surface area contributed by atoms with Gasteiger partial charge in [-0.05, 0) is 44.9 Å². The second-order valence-corrected chi connectivity index (χ2v) is 6.46. The molecule has 2 fully saturated rings. The molecule has 0 aromatic carbocycles. The van der Waals surface area contributed by atoms with E-state index < -0.39 is 0 Å². The quantitative estimate of drug-likeness (QED) is 0.582. The van der Waals surface area contributed by atoms with Gasteiger partial charge in [0.1, 0.15) is 6.10 Å². The van der Waals surface area contributed by atoms with Crippen LogP contribution >= 0.6 is 0 Å². The van der Waals surface area contributed by atoms with Gasteiger partial charge in [0.05, 0.1) is 32.0 Å². The SMILES string of the molecule is COC(=O)C1CCC(C(=O)OC2CCCCC2C(=O)OC)CC1. The fourth-order valence-corrected chi connectivity index (χ4v) is 3.64. The van der Waals surface area contributed by atoms with E-state index >= 15 is 0 Å². The fourth-order valence-electron chi connectivity index (χ4n) is 3.64. The molecule has 2 atom stereocenters. The largest absolute Gasteiger partial charge is 0.469 e. The summed E-state index contributed by atoms with van der Waals surface area (Å²) in [5.41, 5.74) is 0. The van der Waals surface area contributed by atoms with Gasteiger partial charge in [0.2, 0.25) is 0 Å². The Bertz CT molecular complexity index is 438. The lowest BCUT2D eigenvalue weighted by Gasteiger charge is -2.32. The molecule has 6 nitrogen and oxygen atoms in total. The molecule has 0 heterocycles. The Morgan fingerprint density at radius 3 is 1.78 bits per heavy atom. The van der Waals surface area contributed by atoms with E-state index in [0.717, 1.165) is 12.8 Å². The summed E-state index contributed by atoms with van der Waals surface area (Å²) in [6.45, 7) is 0. The molecule has 0 amide bonds. The molecule has 0 aromatic rings. The first kappa shape index (κ1) is 17.8. The number of hydrogen-bond donors (Lipinski definition) is 0. The van der Waals surface area contributed by atoms with E-state index in [4.69, 9.17) is 14.2 Å². The summed E-state index contributed by atoms with van der Waals surface area (Å²) in [6.07, 6.45) is 5.53. The molecule has 0 aromatic heterocycles. The van der Waals surface area contributed by atoms with Crippen LogP contribution in [0.4, 0.5) is 0 Å². The molecular weight excluding hydrogens is 300 g/mol. The van der Waals surface area contributed by atoms with Gasteiger partial charge in [-0.15, -0.1) is 0 Å². The third-order valence-electron chi connectivity index (χ3n) is 5.07. The molecule has 2 saturated carbocycles. The Balaban J connectivity index is 1.86. The molecular formula is C17H26O6. The van der Waals surface area contributed by atoms with Crippen LogP contribution in [0.1, 0.15) is 51.4 Å². The zero-order chi connectivity index (χ0) is 16.8. The van der Waals surface area contributed by atoms with E-state index in [1.54, 1.807) is 0 Å². The molecule has 2 unspecified atom stereocenters. The van der Waals surface area contributed by atoms with Crippen molar-refractivity contribution in [3.63, 3.8) is 0 Å². The van der Waals surface area contributed by atoms with Crippen molar-refractivity contribution in [2.24, 2.45) is 17.8 Å². The second kappa shape index (κ2) is 8.31. The van der Waals surface area contributed by atoms with Crippen LogP contribution in [0.5, 0.6) is 0 Å². The maximum atomic E-state index is 12.4. The molecule has 130 valence electrons.